The molecule has 208 valence electrons. The molecular weight excluding hydrogens is 508 g/mol. The van der Waals surface area contributed by atoms with Gasteiger partial charge in [-0.15, -0.1) is 0 Å². The number of allylic oxidation sites excluding steroid dienone is 2. The monoisotopic (exact) mass is 548 g/mol. The van der Waals surface area contributed by atoms with E-state index in [2.05, 4.69) is 36.0 Å². The number of amides is 1. The van der Waals surface area contributed by atoms with Crippen LogP contribution in [0.2, 0.25) is 25.7 Å². The van der Waals surface area contributed by atoms with Gasteiger partial charge < -0.3 is 19.4 Å². The Kier molecular flexibility index (Phi) is 10.1. The van der Waals surface area contributed by atoms with Gasteiger partial charge in [0.25, 0.3) is 5.91 Å². The Morgan fingerprint density at radius 1 is 1.23 bits per heavy atom. The molecule has 1 amide bonds. The van der Waals surface area contributed by atoms with E-state index in [4.69, 9.17) is 9.47 Å². The fourth-order valence-corrected chi connectivity index (χ4v) is 4.85. The topological polar surface area (TPSA) is 106 Å². The van der Waals surface area contributed by atoms with Crippen LogP contribution in [0, 0.1) is 11.3 Å². The van der Waals surface area contributed by atoms with Crippen molar-refractivity contribution in [2.24, 2.45) is 0 Å². The molecule has 0 bridgehead atoms. The molecule has 0 radical (unpaired) electrons. The number of nitriles is 1. The van der Waals surface area contributed by atoms with Crippen LogP contribution in [-0.2, 0) is 21.0 Å². The van der Waals surface area contributed by atoms with E-state index >= 15 is 0 Å². The number of carbonyl (C=O) groups is 2. The molecule has 0 aliphatic heterocycles. The maximum absolute atomic E-state index is 13.4. The van der Waals surface area contributed by atoms with E-state index in [-0.39, 0.29) is 18.2 Å². The Balaban J connectivity index is 1.84. The summed E-state index contributed by atoms with van der Waals surface area (Å²) in [4.78, 5) is 29.8. The molecule has 0 saturated heterocycles. The van der Waals surface area contributed by atoms with E-state index in [9.17, 15) is 14.9 Å². The normalized spacial score (nSPS) is 14.1. The number of esters is 1. The van der Waals surface area contributed by atoms with Gasteiger partial charge in [0.15, 0.2) is 5.69 Å². The van der Waals surface area contributed by atoms with Crippen molar-refractivity contribution in [1.29, 1.82) is 5.26 Å². The third-order valence-electron chi connectivity index (χ3n) is 6.07. The van der Waals surface area contributed by atoms with Crippen LogP contribution in [-0.4, -0.2) is 41.7 Å². The third-order valence-corrected chi connectivity index (χ3v) is 7.77. The second-order valence-corrected chi connectivity index (χ2v) is 17.6. The summed E-state index contributed by atoms with van der Waals surface area (Å²) in [7, 11) is -1.25. The first-order chi connectivity index (χ1) is 18.3. The summed E-state index contributed by atoms with van der Waals surface area (Å²) in [6, 6.07) is 8.66. The molecule has 9 heteroatoms. The summed E-state index contributed by atoms with van der Waals surface area (Å²) < 4.78 is 12.8. The SMILES string of the molecule is CC(C)(C)OC(=O)/C=C/c1ccc(NC(=O)c2nc(C#N)cn2COCC[Si](C)(C)C)c(C2=CCCCC2)c1. The van der Waals surface area contributed by atoms with E-state index in [1.807, 2.05) is 45.0 Å². The predicted octanol–water partition coefficient (Wildman–Crippen LogP) is 6.63. The van der Waals surface area contributed by atoms with Crippen LogP contribution in [0.5, 0.6) is 0 Å². The van der Waals surface area contributed by atoms with Gasteiger partial charge in [0.1, 0.15) is 18.4 Å². The van der Waals surface area contributed by atoms with Crippen LogP contribution < -0.4 is 5.32 Å². The average Bonchev–Trinajstić information content (AvgIpc) is 3.28. The van der Waals surface area contributed by atoms with Crippen LogP contribution in [0.25, 0.3) is 11.6 Å². The number of aromatic nitrogens is 2. The Morgan fingerprint density at radius 2 is 2.00 bits per heavy atom. The van der Waals surface area contributed by atoms with Gasteiger partial charge in [-0.2, -0.15) is 5.26 Å². The van der Waals surface area contributed by atoms with Crippen LogP contribution >= 0.6 is 0 Å². The van der Waals surface area contributed by atoms with Gasteiger partial charge in [0.05, 0.1) is 0 Å². The molecule has 1 aromatic heterocycles. The smallest absolute Gasteiger partial charge is 0.331 e. The van der Waals surface area contributed by atoms with Crippen molar-refractivity contribution in [3.05, 3.63) is 59.2 Å². The highest BCUT2D eigenvalue weighted by Gasteiger charge is 2.20. The minimum absolute atomic E-state index is 0.122. The average molecular weight is 549 g/mol. The molecule has 2 aromatic rings. The van der Waals surface area contributed by atoms with Gasteiger partial charge in [0, 0.05) is 38.2 Å². The molecule has 1 aliphatic carbocycles. The summed E-state index contributed by atoms with van der Waals surface area (Å²) in [6.07, 6.45) is 11.0. The van der Waals surface area contributed by atoms with Crippen molar-refractivity contribution >= 4 is 37.3 Å². The van der Waals surface area contributed by atoms with Crippen LogP contribution in [0.3, 0.4) is 0 Å². The number of hydrogen-bond donors (Lipinski definition) is 1. The fraction of sp³-hybridized carbons (Fsp3) is 0.467. The lowest BCUT2D eigenvalue weighted by Crippen LogP contribution is -2.23. The standard InChI is InChI=1S/C30H40N4O4Si/c1-30(2,3)38-27(35)15-13-22-12-14-26(25(18-22)23-10-8-7-9-11-23)33-29(36)28-32-24(19-31)20-34(28)21-37-16-17-39(4,5)6/h10,12-15,18,20H,7-9,11,16-17,21H2,1-6H3,(H,33,36)/b15-13+. The zero-order valence-electron chi connectivity index (χ0n) is 24.0. The zero-order valence-corrected chi connectivity index (χ0v) is 25.0. The van der Waals surface area contributed by atoms with E-state index in [1.165, 1.54) is 6.08 Å². The first-order valence-corrected chi connectivity index (χ1v) is 17.2. The highest BCUT2D eigenvalue weighted by atomic mass is 28.3. The molecule has 0 unspecified atom stereocenters. The number of ether oxygens (including phenoxy) is 2. The fourth-order valence-electron chi connectivity index (χ4n) is 4.09. The maximum atomic E-state index is 13.4. The summed E-state index contributed by atoms with van der Waals surface area (Å²) >= 11 is 0. The van der Waals surface area contributed by atoms with Crippen LogP contribution in [0.1, 0.15) is 73.9 Å². The lowest BCUT2D eigenvalue weighted by Gasteiger charge is -2.19. The first kappa shape index (κ1) is 30.1. The summed E-state index contributed by atoms with van der Waals surface area (Å²) in [5, 5.41) is 12.4. The van der Waals surface area contributed by atoms with E-state index < -0.39 is 25.6 Å². The summed E-state index contributed by atoms with van der Waals surface area (Å²) in [6.45, 7) is 13.0. The molecule has 39 heavy (non-hydrogen) atoms. The number of benzene rings is 1. The second-order valence-electron chi connectivity index (χ2n) is 12.0. The number of rotatable bonds is 10. The van der Waals surface area contributed by atoms with Gasteiger partial charge in [-0.3, -0.25) is 4.79 Å². The van der Waals surface area contributed by atoms with Gasteiger partial charge in [-0.25, -0.2) is 9.78 Å². The number of imidazole rings is 1. The van der Waals surface area contributed by atoms with Gasteiger partial charge in [-0.1, -0.05) is 31.8 Å². The molecular formula is C30H40N4O4Si. The van der Waals surface area contributed by atoms with Crippen molar-refractivity contribution in [2.75, 3.05) is 11.9 Å². The van der Waals surface area contributed by atoms with E-state index in [1.54, 1.807) is 16.8 Å². The number of nitrogens with one attached hydrogen (secondary N) is 1. The summed E-state index contributed by atoms with van der Waals surface area (Å²) in [5.74, 6) is -0.706. The number of anilines is 1. The Bertz CT molecular complexity index is 1290. The molecule has 1 heterocycles. The lowest BCUT2D eigenvalue weighted by atomic mass is 9.91. The molecule has 1 N–H and O–H groups in total. The third kappa shape index (κ3) is 9.64. The summed E-state index contributed by atoms with van der Waals surface area (Å²) in [5.41, 5.74) is 3.12. The minimum atomic E-state index is -1.25. The number of hydrogen-bond acceptors (Lipinski definition) is 6. The van der Waals surface area contributed by atoms with Gasteiger partial charge in [0.2, 0.25) is 5.82 Å². The molecule has 0 atom stereocenters. The molecule has 8 nitrogen and oxygen atoms in total. The van der Waals surface area contributed by atoms with Crippen molar-refractivity contribution in [3.63, 3.8) is 0 Å². The molecule has 1 aliphatic rings. The quantitative estimate of drug-likeness (QED) is 0.155. The lowest BCUT2D eigenvalue weighted by molar-refractivity contribution is -0.148. The van der Waals surface area contributed by atoms with Crippen LogP contribution in [0.4, 0.5) is 5.69 Å². The molecule has 0 saturated carbocycles. The maximum Gasteiger partial charge on any atom is 0.331 e. The molecule has 1 aromatic carbocycles. The van der Waals surface area contributed by atoms with Gasteiger partial charge >= 0.3 is 5.97 Å². The molecule has 0 spiro atoms. The van der Waals surface area contributed by atoms with E-state index in [0.29, 0.717) is 12.3 Å². The highest BCUT2D eigenvalue weighted by molar-refractivity contribution is 6.76. The van der Waals surface area contributed by atoms with Crippen LogP contribution in [0.15, 0.2) is 36.5 Å². The van der Waals surface area contributed by atoms with Crippen molar-refractivity contribution in [2.45, 2.75) is 84.5 Å². The Morgan fingerprint density at radius 3 is 2.64 bits per heavy atom. The minimum Gasteiger partial charge on any atom is -0.457 e. The second kappa shape index (κ2) is 13.0. The largest absolute Gasteiger partial charge is 0.457 e. The van der Waals surface area contributed by atoms with Crippen molar-refractivity contribution < 1.29 is 19.1 Å². The van der Waals surface area contributed by atoms with E-state index in [0.717, 1.165) is 48.4 Å². The molecule has 0 fully saturated rings. The predicted molar refractivity (Wildman–Crippen MR) is 157 cm³/mol. The van der Waals surface area contributed by atoms with Gasteiger partial charge in [-0.05, 0) is 81.8 Å². The first-order valence-electron chi connectivity index (χ1n) is 13.5. The number of nitrogens with zero attached hydrogens (tertiary/aromatic N) is 3. The highest BCUT2D eigenvalue weighted by Crippen LogP contribution is 2.33. The Hall–Kier alpha value is -3.48. The molecule has 3 rings (SSSR count). The Labute approximate surface area is 232 Å². The van der Waals surface area contributed by atoms with Crippen molar-refractivity contribution in [3.8, 4) is 6.07 Å². The van der Waals surface area contributed by atoms with Crippen molar-refractivity contribution in [1.82, 2.24) is 9.55 Å². The zero-order chi connectivity index (χ0) is 28.6. The number of carbonyl (C=O) groups excluding carboxylic acids is 2.